The fourth-order valence-electron chi connectivity index (χ4n) is 3.07. The van der Waals surface area contributed by atoms with Crippen LogP contribution in [0.15, 0.2) is 39.9 Å². The predicted molar refractivity (Wildman–Crippen MR) is 118 cm³/mol. The molecule has 0 radical (unpaired) electrons. The number of nitrogens with two attached hydrogens (primary N) is 1. The molecule has 3 N–H and O–H groups in total. The van der Waals surface area contributed by atoms with Crippen LogP contribution in [0.25, 0.3) is 6.08 Å². The van der Waals surface area contributed by atoms with Crippen LogP contribution < -0.4 is 21.9 Å². The molecule has 7 heteroatoms. The number of nitrogens with one attached hydrogen (secondary N) is 1. The number of rotatable bonds is 7. The molecule has 0 aliphatic rings. The minimum absolute atomic E-state index is 0.00501. The zero-order chi connectivity index (χ0) is 21.7. The molecule has 1 heterocycles. The Hall–Kier alpha value is -3.09. The maximum absolute atomic E-state index is 13.0. The summed E-state index contributed by atoms with van der Waals surface area (Å²) < 4.78 is 1.31. The lowest BCUT2D eigenvalue weighted by Crippen LogP contribution is -2.42. The summed E-state index contributed by atoms with van der Waals surface area (Å²) in [5.41, 5.74) is 6.95. The van der Waals surface area contributed by atoms with E-state index in [1.54, 1.807) is 6.08 Å². The number of aromatic amines is 1. The minimum atomic E-state index is -0.662. The van der Waals surface area contributed by atoms with Crippen LogP contribution in [0.1, 0.15) is 38.8 Å². The Bertz CT molecular complexity index is 1020. The maximum atomic E-state index is 13.0. The zero-order valence-corrected chi connectivity index (χ0v) is 17.7. The van der Waals surface area contributed by atoms with Crippen LogP contribution >= 0.6 is 0 Å². The second-order valence-electron chi connectivity index (χ2n) is 8.09. The van der Waals surface area contributed by atoms with Gasteiger partial charge < -0.3 is 10.6 Å². The number of anilines is 2. The lowest BCUT2D eigenvalue weighted by atomic mass is 10.1. The Labute approximate surface area is 170 Å². The summed E-state index contributed by atoms with van der Waals surface area (Å²) in [7, 11) is 0. The van der Waals surface area contributed by atoms with E-state index in [0.717, 1.165) is 11.1 Å². The number of nitrogen functional groups attached to an aromatic ring is 1. The van der Waals surface area contributed by atoms with Crippen molar-refractivity contribution in [1.82, 2.24) is 9.55 Å². The van der Waals surface area contributed by atoms with Gasteiger partial charge in [0.25, 0.3) is 11.5 Å². The van der Waals surface area contributed by atoms with E-state index in [1.807, 2.05) is 58.9 Å². The third kappa shape index (κ3) is 5.70. The summed E-state index contributed by atoms with van der Waals surface area (Å²) in [4.78, 5) is 41.4. The topological polar surface area (TPSA) is 101 Å². The highest BCUT2D eigenvalue weighted by Gasteiger charge is 2.24. The minimum Gasteiger partial charge on any atom is -0.383 e. The average molecular weight is 399 g/mol. The van der Waals surface area contributed by atoms with E-state index in [4.69, 9.17) is 5.73 Å². The molecule has 156 valence electrons. The van der Waals surface area contributed by atoms with Gasteiger partial charge >= 0.3 is 5.69 Å². The summed E-state index contributed by atoms with van der Waals surface area (Å²) in [6.45, 7) is 10.4. The Kier molecular flexibility index (Phi) is 7.20. The van der Waals surface area contributed by atoms with Crippen molar-refractivity contribution in [2.45, 2.75) is 41.2 Å². The van der Waals surface area contributed by atoms with Gasteiger partial charge in [-0.15, -0.1) is 0 Å². The van der Waals surface area contributed by atoms with E-state index >= 15 is 0 Å². The standard InChI is InChI=1S/C22H30N4O3/c1-14(2)12-25(18(27)10-9-17-8-6-7-16(5)11-17)19-20(23)26(13-15(3)4)22(29)24-21(19)28/h6-11,14-15H,12-13,23H2,1-5H3,(H,24,28,29)/b10-9+. The molecule has 1 amide bonds. The largest absolute Gasteiger partial charge is 0.383 e. The molecule has 0 spiro atoms. The fourth-order valence-corrected chi connectivity index (χ4v) is 3.07. The van der Waals surface area contributed by atoms with Gasteiger partial charge in [-0.1, -0.05) is 57.5 Å². The normalized spacial score (nSPS) is 11.6. The number of carbonyl (C=O) groups excluding carboxylic acids is 1. The summed E-state index contributed by atoms with van der Waals surface area (Å²) in [5, 5.41) is 0. The molecule has 29 heavy (non-hydrogen) atoms. The van der Waals surface area contributed by atoms with E-state index in [2.05, 4.69) is 4.98 Å². The molecule has 2 rings (SSSR count). The first-order chi connectivity index (χ1) is 13.6. The SMILES string of the molecule is Cc1cccc(/C=C/C(=O)N(CC(C)C)c2c(N)n(CC(C)C)c(=O)[nH]c2=O)c1. The summed E-state index contributed by atoms with van der Waals surface area (Å²) in [6.07, 6.45) is 3.13. The molecular formula is C22H30N4O3. The molecule has 0 aliphatic carbocycles. The summed E-state index contributed by atoms with van der Waals surface area (Å²) in [5.74, 6) is -0.127. The number of aromatic nitrogens is 2. The third-order valence-corrected chi connectivity index (χ3v) is 4.31. The number of carbonyl (C=O) groups is 1. The Balaban J connectivity index is 2.51. The molecule has 7 nitrogen and oxygen atoms in total. The quantitative estimate of drug-likeness (QED) is 0.700. The van der Waals surface area contributed by atoms with Crippen LogP contribution in [0.3, 0.4) is 0 Å². The van der Waals surface area contributed by atoms with Crippen LogP contribution in [0, 0.1) is 18.8 Å². The molecule has 0 atom stereocenters. The number of nitrogens with zero attached hydrogens (tertiary/aromatic N) is 2. The molecule has 0 saturated heterocycles. The van der Waals surface area contributed by atoms with E-state index < -0.39 is 11.2 Å². The Morgan fingerprint density at radius 1 is 1.21 bits per heavy atom. The number of aryl methyl sites for hydroxylation is 1. The second-order valence-corrected chi connectivity index (χ2v) is 8.09. The predicted octanol–water partition coefficient (Wildman–Crippen LogP) is 2.79. The molecule has 0 saturated carbocycles. The first kappa shape index (κ1) is 22.2. The van der Waals surface area contributed by atoms with E-state index in [0.29, 0.717) is 13.1 Å². The van der Waals surface area contributed by atoms with Crippen LogP contribution in [0.2, 0.25) is 0 Å². The zero-order valence-electron chi connectivity index (χ0n) is 17.7. The first-order valence-electron chi connectivity index (χ1n) is 9.79. The number of amides is 1. The van der Waals surface area contributed by atoms with Gasteiger partial charge in [-0.25, -0.2) is 4.79 Å². The van der Waals surface area contributed by atoms with Crippen LogP contribution in [-0.4, -0.2) is 22.0 Å². The van der Waals surface area contributed by atoms with Gasteiger partial charge in [-0.2, -0.15) is 0 Å². The molecule has 0 unspecified atom stereocenters. The Morgan fingerprint density at radius 3 is 2.48 bits per heavy atom. The second kappa shape index (κ2) is 9.41. The van der Waals surface area contributed by atoms with Gasteiger partial charge in [0.05, 0.1) is 0 Å². The van der Waals surface area contributed by atoms with Crippen molar-refractivity contribution in [1.29, 1.82) is 0 Å². The van der Waals surface area contributed by atoms with E-state index in [1.165, 1.54) is 15.5 Å². The number of hydrogen-bond acceptors (Lipinski definition) is 4. The van der Waals surface area contributed by atoms with Gasteiger partial charge in [0.1, 0.15) is 5.82 Å². The molecule has 2 aromatic rings. The van der Waals surface area contributed by atoms with Crippen molar-refractivity contribution < 1.29 is 4.79 Å². The van der Waals surface area contributed by atoms with Gasteiger partial charge in [0, 0.05) is 19.2 Å². The maximum Gasteiger partial charge on any atom is 0.330 e. The molecular weight excluding hydrogens is 368 g/mol. The van der Waals surface area contributed by atoms with Crippen molar-refractivity contribution in [2.75, 3.05) is 17.2 Å². The van der Waals surface area contributed by atoms with Crippen LogP contribution in [0.4, 0.5) is 11.5 Å². The fraction of sp³-hybridized carbons (Fsp3) is 0.409. The average Bonchev–Trinajstić information content (AvgIpc) is 2.62. The van der Waals surface area contributed by atoms with Crippen LogP contribution in [-0.2, 0) is 11.3 Å². The van der Waals surface area contributed by atoms with E-state index in [9.17, 15) is 14.4 Å². The highest BCUT2D eigenvalue weighted by molar-refractivity contribution is 6.05. The summed E-state index contributed by atoms with van der Waals surface area (Å²) >= 11 is 0. The molecule has 1 aromatic heterocycles. The summed E-state index contributed by atoms with van der Waals surface area (Å²) in [6, 6.07) is 7.74. The molecule has 0 aliphatic heterocycles. The highest BCUT2D eigenvalue weighted by Crippen LogP contribution is 2.20. The monoisotopic (exact) mass is 398 g/mol. The van der Waals surface area contributed by atoms with Crippen molar-refractivity contribution in [2.24, 2.45) is 11.8 Å². The van der Waals surface area contributed by atoms with E-state index in [-0.39, 0.29) is 29.2 Å². The number of H-pyrrole nitrogens is 1. The van der Waals surface area contributed by atoms with Crippen molar-refractivity contribution in [3.63, 3.8) is 0 Å². The van der Waals surface area contributed by atoms with Gasteiger partial charge in [0.2, 0.25) is 0 Å². The van der Waals surface area contributed by atoms with Crippen molar-refractivity contribution in [3.8, 4) is 0 Å². The Morgan fingerprint density at radius 2 is 1.90 bits per heavy atom. The van der Waals surface area contributed by atoms with Gasteiger partial charge in [-0.05, 0) is 30.4 Å². The van der Waals surface area contributed by atoms with Gasteiger partial charge in [0.15, 0.2) is 5.69 Å². The van der Waals surface area contributed by atoms with Crippen LogP contribution in [0.5, 0.6) is 0 Å². The smallest absolute Gasteiger partial charge is 0.330 e. The lowest BCUT2D eigenvalue weighted by molar-refractivity contribution is -0.114. The third-order valence-electron chi connectivity index (χ3n) is 4.31. The molecule has 0 fully saturated rings. The highest BCUT2D eigenvalue weighted by atomic mass is 16.2. The number of hydrogen-bond donors (Lipinski definition) is 2. The van der Waals surface area contributed by atoms with Gasteiger partial charge in [-0.3, -0.25) is 19.1 Å². The number of benzene rings is 1. The first-order valence-corrected chi connectivity index (χ1v) is 9.79. The lowest BCUT2D eigenvalue weighted by Gasteiger charge is -2.25. The van der Waals surface area contributed by atoms with Crippen molar-refractivity contribution in [3.05, 3.63) is 62.3 Å². The van der Waals surface area contributed by atoms with Crippen molar-refractivity contribution >= 4 is 23.5 Å². The molecule has 1 aromatic carbocycles. The molecule has 0 bridgehead atoms.